The van der Waals surface area contributed by atoms with Crippen LogP contribution in [-0.4, -0.2) is 5.11 Å². The smallest absolute Gasteiger partial charge is 0.134 e. The van der Waals surface area contributed by atoms with E-state index in [1.165, 1.54) is 0 Å². The number of hydrogen-bond acceptors (Lipinski definition) is 2. The largest absolute Gasteiger partial charge is 0.457 e. The summed E-state index contributed by atoms with van der Waals surface area (Å²) >= 11 is 9.53. The van der Waals surface area contributed by atoms with Crippen molar-refractivity contribution in [2.75, 3.05) is 0 Å². The molecule has 0 aliphatic heterocycles. The first-order chi connectivity index (χ1) is 9.01. The van der Waals surface area contributed by atoms with Crippen LogP contribution in [0.5, 0.6) is 11.5 Å². The van der Waals surface area contributed by atoms with Gasteiger partial charge < -0.3 is 9.84 Å². The Morgan fingerprint density at radius 1 is 1.16 bits per heavy atom. The number of aliphatic hydroxyl groups is 1. The molecule has 2 rings (SSSR count). The van der Waals surface area contributed by atoms with E-state index in [2.05, 4.69) is 15.9 Å². The van der Waals surface area contributed by atoms with Gasteiger partial charge in [-0.15, -0.1) is 0 Å². The van der Waals surface area contributed by atoms with E-state index in [9.17, 15) is 5.11 Å². The molecule has 100 valence electrons. The molecule has 1 N–H and O–H groups in total. The Morgan fingerprint density at radius 3 is 2.37 bits per heavy atom. The second-order valence-corrected chi connectivity index (χ2v) is 5.68. The van der Waals surface area contributed by atoms with Crippen LogP contribution >= 0.6 is 27.5 Å². The highest BCUT2D eigenvalue weighted by Gasteiger charge is 2.08. The van der Waals surface area contributed by atoms with Crippen LogP contribution in [0.4, 0.5) is 0 Å². The van der Waals surface area contributed by atoms with Crippen molar-refractivity contribution in [3.05, 3.63) is 56.5 Å². The number of aliphatic hydroxyl groups excluding tert-OH is 1. The summed E-state index contributed by atoms with van der Waals surface area (Å²) in [4.78, 5) is 0. The first kappa shape index (κ1) is 14.4. The molecule has 0 atom stereocenters. The quantitative estimate of drug-likeness (QED) is 0.851. The normalized spacial score (nSPS) is 10.6. The van der Waals surface area contributed by atoms with E-state index in [4.69, 9.17) is 16.3 Å². The van der Waals surface area contributed by atoms with Gasteiger partial charge in [-0.3, -0.25) is 0 Å². The van der Waals surface area contributed by atoms with Gasteiger partial charge in [0.15, 0.2) is 0 Å². The number of ether oxygens (including phenoxy) is 1. The van der Waals surface area contributed by atoms with Crippen LogP contribution in [0.25, 0.3) is 0 Å². The molecule has 0 bridgehead atoms. The van der Waals surface area contributed by atoms with Crippen molar-refractivity contribution >= 4 is 27.5 Å². The predicted octanol–water partition coefficient (Wildman–Crippen LogP) is 5.00. The van der Waals surface area contributed by atoms with Crippen molar-refractivity contribution in [1.29, 1.82) is 0 Å². The molecular formula is C15H14BrClO2. The number of aryl methyl sites for hydroxylation is 2. The van der Waals surface area contributed by atoms with Gasteiger partial charge in [0.2, 0.25) is 0 Å². The van der Waals surface area contributed by atoms with E-state index in [0.29, 0.717) is 11.5 Å². The summed E-state index contributed by atoms with van der Waals surface area (Å²) in [6.45, 7) is 3.82. The molecule has 2 aromatic carbocycles. The van der Waals surface area contributed by atoms with E-state index in [1.54, 1.807) is 0 Å². The second-order valence-electron chi connectivity index (χ2n) is 4.38. The van der Waals surface area contributed by atoms with Crippen molar-refractivity contribution in [2.45, 2.75) is 20.5 Å². The third-order valence-corrected chi connectivity index (χ3v) is 3.93. The minimum absolute atomic E-state index is 0.0613. The molecule has 2 nitrogen and oxygen atoms in total. The van der Waals surface area contributed by atoms with Gasteiger partial charge in [0.05, 0.1) is 6.61 Å². The minimum Gasteiger partial charge on any atom is -0.457 e. The molecule has 0 heterocycles. The van der Waals surface area contributed by atoms with Crippen molar-refractivity contribution < 1.29 is 9.84 Å². The van der Waals surface area contributed by atoms with Gasteiger partial charge in [-0.05, 0) is 49.2 Å². The van der Waals surface area contributed by atoms with Crippen LogP contribution in [0.15, 0.2) is 34.8 Å². The zero-order chi connectivity index (χ0) is 14.0. The molecule has 0 fully saturated rings. The van der Waals surface area contributed by atoms with Crippen LogP contribution in [-0.2, 0) is 6.61 Å². The monoisotopic (exact) mass is 340 g/mol. The molecule has 0 aliphatic rings. The fourth-order valence-corrected chi connectivity index (χ4v) is 2.30. The maximum absolute atomic E-state index is 9.32. The lowest BCUT2D eigenvalue weighted by Crippen LogP contribution is -1.93. The molecule has 0 aliphatic carbocycles. The lowest BCUT2D eigenvalue weighted by atomic mass is 10.1. The molecule has 0 saturated carbocycles. The lowest BCUT2D eigenvalue weighted by Gasteiger charge is -2.12. The summed E-state index contributed by atoms with van der Waals surface area (Å²) < 4.78 is 6.75. The number of benzene rings is 2. The molecule has 0 aromatic heterocycles. The fraction of sp³-hybridized carbons (Fsp3) is 0.200. The summed E-state index contributed by atoms with van der Waals surface area (Å²) in [7, 11) is 0. The predicted molar refractivity (Wildman–Crippen MR) is 81.1 cm³/mol. The Morgan fingerprint density at radius 2 is 1.79 bits per heavy atom. The SMILES string of the molecule is Cc1cc(Oc2cc(Br)ccc2CO)cc(C)c1Cl. The van der Waals surface area contributed by atoms with Gasteiger partial charge in [0.1, 0.15) is 11.5 Å². The maximum atomic E-state index is 9.32. The van der Waals surface area contributed by atoms with Crippen LogP contribution < -0.4 is 4.74 Å². The van der Waals surface area contributed by atoms with Gasteiger partial charge in [-0.1, -0.05) is 33.6 Å². The standard InChI is InChI=1S/C15H14BrClO2/c1-9-5-13(6-10(2)15(9)17)19-14-7-12(16)4-3-11(14)8-18/h3-7,18H,8H2,1-2H3. The van der Waals surface area contributed by atoms with Crippen molar-refractivity contribution in [2.24, 2.45) is 0 Å². The van der Waals surface area contributed by atoms with Crippen LogP contribution in [0, 0.1) is 13.8 Å². The average molecular weight is 342 g/mol. The molecular weight excluding hydrogens is 328 g/mol. The van der Waals surface area contributed by atoms with E-state index < -0.39 is 0 Å². The Balaban J connectivity index is 2.38. The highest BCUT2D eigenvalue weighted by atomic mass is 79.9. The van der Waals surface area contributed by atoms with E-state index in [-0.39, 0.29) is 6.61 Å². The van der Waals surface area contributed by atoms with Crippen LogP contribution in [0.3, 0.4) is 0 Å². The topological polar surface area (TPSA) is 29.5 Å². The summed E-state index contributed by atoms with van der Waals surface area (Å²) in [5.41, 5.74) is 2.68. The summed E-state index contributed by atoms with van der Waals surface area (Å²) in [6.07, 6.45) is 0. The number of rotatable bonds is 3. The van der Waals surface area contributed by atoms with Gasteiger partial charge in [0.25, 0.3) is 0 Å². The average Bonchev–Trinajstić information content (AvgIpc) is 2.36. The van der Waals surface area contributed by atoms with E-state index in [1.807, 2.05) is 44.2 Å². The summed E-state index contributed by atoms with van der Waals surface area (Å²) in [6, 6.07) is 9.31. The highest BCUT2D eigenvalue weighted by molar-refractivity contribution is 9.10. The second kappa shape index (κ2) is 5.95. The Bertz CT molecular complexity index is 588. The molecule has 0 saturated heterocycles. The number of hydrogen-bond donors (Lipinski definition) is 1. The Hall–Kier alpha value is -1.03. The third kappa shape index (κ3) is 3.30. The zero-order valence-corrected chi connectivity index (χ0v) is 13.0. The molecule has 0 radical (unpaired) electrons. The molecule has 2 aromatic rings. The molecule has 19 heavy (non-hydrogen) atoms. The van der Waals surface area contributed by atoms with Crippen LogP contribution in [0.1, 0.15) is 16.7 Å². The van der Waals surface area contributed by atoms with E-state index in [0.717, 1.165) is 26.2 Å². The third-order valence-electron chi connectivity index (χ3n) is 2.84. The van der Waals surface area contributed by atoms with Gasteiger partial charge in [0, 0.05) is 15.1 Å². The lowest BCUT2D eigenvalue weighted by molar-refractivity contribution is 0.276. The zero-order valence-electron chi connectivity index (χ0n) is 10.7. The molecule has 0 spiro atoms. The van der Waals surface area contributed by atoms with Crippen molar-refractivity contribution in [1.82, 2.24) is 0 Å². The fourth-order valence-electron chi connectivity index (χ4n) is 1.85. The molecule has 0 unspecified atom stereocenters. The van der Waals surface area contributed by atoms with Crippen molar-refractivity contribution in [3.8, 4) is 11.5 Å². The van der Waals surface area contributed by atoms with Gasteiger partial charge in [-0.2, -0.15) is 0 Å². The summed E-state index contributed by atoms with van der Waals surface area (Å²) in [5.74, 6) is 1.35. The first-order valence-electron chi connectivity index (χ1n) is 5.85. The van der Waals surface area contributed by atoms with E-state index >= 15 is 0 Å². The maximum Gasteiger partial charge on any atom is 0.134 e. The molecule has 4 heteroatoms. The highest BCUT2D eigenvalue weighted by Crippen LogP contribution is 2.32. The van der Waals surface area contributed by atoms with Crippen molar-refractivity contribution in [3.63, 3.8) is 0 Å². The van der Waals surface area contributed by atoms with Gasteiger partial charge >= 0.3 is 0 Å². The number of halogens is 2. The first-order valence-corrected chi connectivity index (χ1v) is 7.02. The molecule has 0 amide bonds. The minimum atomic E-state index is -0.0613. The summed E-state index contributed by atoms with van der Waals surface area (Å²) in [5, 5.41) is 10.1. The van der Waals surface area contributed by atoms with Crippen LogP contribution in [0.2, 0.25) is 5.02 Å². The Kier molecular flexibility index (Phi) is 4.50. The Labute approximate surface area is 126 Å². The van der Waals surface area contributed by atoms with Gasteiger partial charge in [-0.25, -0.2) is 0 Å².